The molecule has 0 saturated heterocycles. The van der Waals surface area contributed by atoms with Crippen LogP contribution in [0.2, 0.25) is 0 Å². The molecule has 8 nitrogen and oxygen atoms in total. The SMILES string of the molecule is CCCC(=O)Oc1[nH]c(CNCCO)c(-c2ccc(OC)c(OC)c2OC)c1Br. The number of H-pyrrole nitrogens is 1. The number of hydrogen-bond acceptors (Lipinski definition) is 7. The molecule has 2 rings (SSSR count). The minimum atomic E-state index is -0.324. The lowest BCUT2D eigenvalue weighted by molar-refractivity contribution is -0.134. The molecule has 0 saturated carbocycles. The molecule has 0 aliphatic heterocycles. The van der Waals surface area contributed by atoms with Gasteiger partial charge >= 0.3 is 5.97 Å². The lowest BCUT2D eigenvalue weighted by Gasteiger charge is -2.16. The summed E-state index contributed by atoms with van der Waals surface area (Å²) in [4.78, 5) is 15.2. The van der Waals surface area contributed by atoms with Gasteiger partial charge in [-0.1, -0.05) is 6.92 Å². The summed E-state index contributed by atoms with van der Waals surface area (Å²) in [6.45, 7) is 2.76. The van der Waals surface area contributed by atoms with Gasteiger partial charge in [-0.15, -0.1) is 0 Å². The predicted octanol–water partition coefficient (Wildman–Crippen LogP) is 3.26. The third-order valence-corrected chi connectivity index (χ3v) is 4.98. The van der Waals surface area contributed by atoms with Crippen molar-refractivity contribution in [2.75, 3.05) is 34.5 Å². The van der Waals surface area contributed by atoms with E-state index in [1.54, 1.807) is 20.3 Å². The average molecular weight is 471 g/mol. The van der Waals surface area contributed by atoms with Crippen molar-refractivity contribution in [2.24, 2.45) is 0 Å². The van der Waals surface area contributed by atoms with E-state index in [1.807, 2.05) is 13.0 Å². The van der Waals surface area contributed by atoms with Gasteiger partial charge in [0, 0.05) is 36.3 Å². The lowest BCUT2D eigenvalue weighted by atomic mass is 10.0. The normalized spacial score (nSPS) is 10.7. The number of aromatic nitrogens is 1. The first-order valence-corrected chi connectivity index (χ1v) is 10.0. The quantitative estimate of drug-likeness (QED) is 0.342. The number of aromatic amines is 1. The zero-order valence-electron chi connectivity index (χ0n) is 17.1. The zero-order valence-corrected chi connectivity index (χ0v) is 18.6. The Labute approximate surface area is 178 Å². The Balaban J connectivity index is 2.60. The average Bonchev–Trinajstić information content (AvgIpc) is 3.01. The van der Waals surface area contributed by atoms with Gasteiger partial charge in [0.2, 0.25) is 11.6 Å². The predicted molar refractivity (Wildman–Crippen MR) is 113 cm³/mol. The molecule has 0 atom stereocenters. The van der Waals surface area contributed by atoms with Crippen LogP contribution in [-0.4, -0.2) is 50.5 Å². The van der Waals surface area contributed by atoms with Crippen LogP contribution in [0.5, 0.6) is 23.1 Å². The van der Waals surface area contributed by atoms with Crippen LogP contribution in [0, 0.1) is 0 Å². The highest BCUT2D eigenvalue weighted by molar-refractivity contribution is 9.10. The third kappa shape index (κ3) is 5.23. The topological polar surface area (TPSA) is 102 Å². The van der Waals surface area contributed by atoms with E-state index in [-0.39, 0.29) is 12.6 Å². The Kier molecular flexibility index (Phi) is 8.81. The van der Waals surface area contributed by atoms with Gasteiger partial charge in [-0.05, 0) is 34.5 Å². The summed E-state index contributed by atoms with van der Waals surface area (Å²) < 4.78 is 22.6. The van der Waals surface area contributed by atoms with Crippen molar-refractivity contribution in [3.63, 3.8) is 0 Å². The highest BCUT2D eigenvalue weighted by atomic mass is 79.9. The summed E-state index contributed by atoms with van der Waals surface area (Å²) in [7, 11) is 4.64. The van der Waals surface area contributed by atoms with Crippen LogP contribution in [0.25, 0.3) is 11.1 Å². The number of carbonyl (C=O) groups is 1. The highest BCUT2D eigenvalue weighted by Gasteiger charge is 2.25. The minimum Gasteiger partial charge on any atom is -0.493 e. The molecule has 0 fully saturated rings. The van der Waals surface area contributed by atoms with E-state index < -0.39 is 0 Å². The number of ether oxygens (including phenoxy) is 4. The number of benzene rings is 1. The molecule has 160 valence electrons. The van der Waals surface area contributed by atoms with Gasteiger partial charge in [-0.25, -0.2) is 0 Å². The first-order valence-electron chi connectivity index (χ1n) is 9.24. The van der Waals surface area contributed by atoms with Crippen LogP contribution in [-0.2, 0) is 11.3 Å². The van der Waals surface area contributed by atoms with E-state index in [2.05, 4.69) is 26.2 Å². The Hall–Kier alpha value is -2.23. The maximum Gasteiger partial charge on any atom is 0.312 e. The summed E-state index contributed by atoms with van der Waals surface area (Å²) in [5.74, 6) is 1.47. The Bertz CT molecular complexity index is 837. The molecule has 0 amide bonds. The summed E-state index contributed by atoms with van der Waals surface area (Å²) in [6, 6.07) is 3.63. The van der Waals surface area contributed by atoms with Crippen molar-refractivity contribution in [1.82, 2.24) is 10.3 Å². The molecule has 0 radical (unpaired) electrons. The molecule has 0 aliphatic carbocycles. The molecule has 0 spiro atoms. The summed E-state index contributed by atoms with van der Waals surface area (Å²) in [6.07, 6.45) is 1.01. The van der Waals surface area contributed by atoms with E-state index >= 15 is 0 Å². The Morgan fingerprint density at radius 3 is 2.48 bits per heavy atom. The van der Waals surface area contributed by atoms with Crippen LogP contribution in [0.15, 0.2) is 16.6 Å². The second-order valence-electron chi connectivity index (χ2n) is 6.13. The first-order chi connectivity index (χ1) is 14.0. The maximum atomic E-state index is 12.0. The number of halogens is 1. The number of nitrogens with one attached hydrogen (secondary N) is 2. The molecule has 1 heterocycles. The summed E-state index contributed by atoms with van der Waals surface area (Å²) in [5.41, 5.74) is 2.24. The van der Waals surface area contributed by atoms with Crippen molar-refractivity contribution in [3.8, 4) is 34.3 Å². The molecule has 3 N–H and O–H groups in total. The zero-order chi connectivity index (χ0) is 21.4. The Morgan fingerprint density at radius 1 is 1.17 bits per heavy atom. The molecular formula is C20H27BrN2O6. The number of methoxy groups -OCH3 is 3. The van der Waals surface area contributed by atoms with Gasteiger partial charge in [-0.3, -0.25) is 4.79 Å². The van der Waals surface area contributed by atoms with Gasteiger partial charge in [-0.2, -0.15) is 0 Å². The van der Waals surface area contributed by atoms with Gasteiger partial charge in [0.05, 0.1) is 32.4 Å². The van der Waals surface area contributed by atoms with Crippen molar-refractivity contribution in [1.29, 1.82) is 0 Å². The van der Waals surface area contributed by atoms with Crippen LogP contribution < -0.4 is 24.3 Å². The number of aliphatic hydroxyl groups excluding tert-OH is 1. The largest absolute Gasteiger partial charge is 0.493 e. The summed E-state index contributed by atoms with van der Waals surface area (Å²) in [5, 5.41) is 12.2. The van der Waals surface area contributed by atoms with Crippen LogP contribution in [0.1, 0.15) is 25.5 Å². The number of hydrogen-bond donors (Lipinski definition) is 3. The van der Waals surface area contributed by atoms with Gasteiger partial charge in [0.25, 0.3) is 0 Å². The van der Waals surface area contributed by atoms with Crippen LogP contribution >= 0.6 is 15.9 Å². The molecular weight excluding hydrogens is 444 g/mol. The third-order valence-electron chi connectivity index (χ3n) is 4.22. The number of rotatable bonds is 11. The van der Waals surface area contributed by atoms with E-state index in [1.165, 1.54) is 7.11 Å². The van der Waals surface area contributed by atoms with Gasteiger partial charge in [0.1, 0.15) is 0 Å². The second-order valence-corrected chi connectivity index (χ2v) is 6.92. The molecule has 1 aromatic heterocycles. The van der Waals surface area contributed by atoms with E-state index in [4.69, 9.17) is 24.1 Å². The monoisotopic (exact) mass is 470 g/mol. The first kappa shape index (κ1) is 23.1. The molecule has 29 heavy (non-hydrogen) atoms. The highest BCUT2D eigenvalue weighted by Crippen LogP contribution is 2.49. The molecule has 0 aliphatic rings. The second kappa shape index (κ2) is 11.1. The molecule has 1 aromatic carbocycles. The molecule has 2 aromatic rings. The smallest absolute Gasteiger partial charge is 0.312 e. The van der Waals surface area contributed by atoms with Crippen molar-refractivity contribution >= 4 is 21.9 Å². The fraction of sp³-hybridized carbons (Fsp3) is 0.450. The van der Waals surface area contributed by atoms with Gasteiger partial charge < -0.3 is 34.4 Å². The maximum absolute atomic E-state index is 12.0. The fourth-order valence-corrected chi connectivity index (χ4v) is 3.58. The number of esters is 1. The molecule has 0 unspecified atom stereocenters. The fourth-order valence-electron chi connectivity index (χ4n) is 2.94. The van der Waals surface area contributed by atoms with Crippen LogP contribution in [0.3, 0.4) is 0 Å². The number of carbonyl (C=O) groups excluding carboxylic acids is 1. The van der Waals surface area contributed by atoms with Crippen molar-refractivity contribution in [2.45, 2.75) is 26.3 Å². The summed E-state index contributed by atoms with van der Waals surface area (Å²) >= 11 is 3.56. The van der Waals surface area contributed by atoms with E-state index in [0.717, 1.165) is 16.8 Å². The minimum absolute atomic E-state index is 0.00916. The molecule has 0 bridgehead atoms. The van der Waals surface area contributed by atoms with Crippen molar-refractivity contribution in [3.05, 3.63) is 22.3 Å². The van der Waals surface area contributed by atoms with Gasteiger partial charge in [0.15, 0.2) is 11.5 Å². The molecule has 9 heteroatoms. The number of aliphatic hydroxyl groups is 1. The van der Waals surface area contributed by atoms with E-state index in [9.17, 15) is 4.79 Å². The lowest BCUT2D eigenvalue weighted by Crippen LogP contribution is -2.18. The standard InChI is InChI=1S/C20H27BrN2O6/c1-5-6-15(25)29-20-17(21)16(13(23-20)11-22-9-10-24)12-7-8-14(26-2)19(28-4)18(12)27-3/h7-8,22-24H,5-6,9-11H2,1-4H3. The van der Waals surface area contributed by atoms with Crippen molar-refractivity contribution < 1.29 is 28.8 Å². The van der Waals surface area contributed by atoms with E-state index in [0.29, 0.717) is 53.5 Å². The van der Waals surface area contributed by atoms with Crippen LogP contribution in [0.4, 0.5) is 0 Å². The Morgan fingerprint density at radius 2 is 1.90 bits per heavy atom.